The fraction of sp³-hybridized carbons (Fsp3) is 0.667. The van der Waals surface area contributed by atoms with Crippen LogP contribution in [0.2, 0.25) is 0 Å². The van der Waals surface area contributed by atoms with Crippen molar-refractivity contribution in [1.82, 2.24) is 14.7 Å². The Labute approximate surface area is 96.2 Å². The van der Waals surface area contributed by atoms with Gasteiger partial charge in [0.15, 0.2) is 0 Å². The van der Waals surface area contributed by atoms with Gasteiger partial charge in [0.1, 0.15) is 0 Å². The quantitative estimate of drug-likeness (QED) is 0.762. The minimum absolute atomic E-state index is 0.0939. The number of amides is 1. The maximum atomic E-state index is 11.9. The van der Waals surface area contributed by atoms with Gasteiger partial charge in [0.25, 0.3) is 0 Å². The summed E-state index contributed by atoms with van der Waals surface area (Å²) in [5.41, 5.74) is 0. The topological polar surface area (TPSA) is 38.1 Å². The molecule has 0 radical (unpaired) electrons. The van der Waals surface area contributed by atoms with Crippen molar-refractivity contribution in [3.8, 4) is 0 Å². The predicted molar refractivity (Wildman–Crippen MR) is 61.9 cm³/mol. The molecule has 0 aliphatic carbocycles. The maximum Gasteiger partial charge on any atom is 0.225 e. The molecule has 1 fully saturated rings. The Morgan fingerprint density at radius 2 is 2.31 bits per heavy atom. The van der Waals surface area contributed by atoms with Crippen LogP contribution in [-0.4, -0.2) is 33.7 Å². The van der Waals surface area contributed by atoms with E-state index in [1.165, 1.54) is 0 Å². The molecule has 16 heavy (non-hydrogen) atoms. The Bertz CT molecular complexity index is 345. The van der Waals surface area contributed by atoms with Gasteiger partial charge in [-0.2, -0.15) is 5.10 Å². The zero-order valence-electron chi connectivity index (χ0n) is 9.97. The average Bonchev–Trinajstić information content (AvgIpc) is 2.81. The highest BCUT2D eigenvalue weighted by Gasteiger charge is 2.25. The first-order chi connectivity index (χ1) is 7.68. The maximum absolute atomic E-state index is 11.9. The van der Waals surface area contributed by atoms with Crippen LogP contribution < -0.4 is 0 Å². The van der Waals surface area contributed by atoms with Crippen LogP contribution in [0, 0.1) is 5.92 Å². The first-order valence-electron chi connectivity index (χ1n) is 5.96. The van der Waals surface area contributed by atoms with Crippen LogP contribution in [0.1, 0.15) is 32.7 Å². The van der Waals surface area contributed by atoms with Gasteiger partial charge in [-0.3, -0.25) is 9.48 Å². The highest BCUT2D eigenvalue weighted by molar-refractivity contribution is 5.78. The summed E-state index contributed by atoms with van der Waals surface area (Å²) in [5.74, 6) is 0.355. The third-order valence-electron chi connectivity index (χ3n) is 3.10. The molecule has 1 unspecified atom stereocenters. The third kappa shape index (κ3) is 2.26. The molecule has 2 rings (SSSR count). The number of aromatic nitrogens is 2. The lowest BCUT2D eigenvalue weighted by Crippen LogP contribution is -2.42. The van der Waals surface area contributed by atoms with Crippen LogP contribution in [-0.2, 0) is 4.79 Å². The van der Waals surface area contributed by atoms with E-state index in [-0.39, 0.29) is 11.8 Å². The van der Waals surface area contributed by atoms with Crippen LogP contribution >= 0.6 is 0 Å². The third-order valence-corrected chi connectivity index (χ3v) is 3.10. The molecule has 0 aromatic carbocycles. The number of likely N-dealkylation sites (tertiary alicyclic amines) is 1. The van der Waals surface area contributed by atoms with Gasteiger partial charge in [-0.05, 0) is 18.9 Å². The number of hydrogen-bond acceptors (Lipinski definition) is 2. The molecular weight excluding hydrogens is 202 g/mol. The van der Waals surface area contributed by atoms with Crippen molar-refractivity contribution in [1.29, 1.82) is 0 Å². The molecule has 1 aliphatic heterocycles. The van der Waals surface area contributed by atoms with Gasteiger partial charge in [0.2, 0.25) is 5.91 Å². The SMILES string of the molecule is CC(C)C(=O)N1CCCC(n2cccn2)C1. The van der Waals surface area contributed by atoms with Crippen molar-refractivity contribution in [2.45, 2.75) is 32.7 Å². The van der Waals surface area contributed by atoms with E-state index in [0.29, 0.717) is 6.04 Å². The normalized spacial score (nSPS) is 21.4. The molecule has 0 saturated carbocycles. The van der Waals surface area contributed by atoms with Gasteiger partial charge >= 0.3 is 0 Å². The molecule has 4 heteroatoms. The zero-order chi connectivity index (χ0) is 11.5. The van der Waals surface area contributed by atoms with Crippen LogP contribution in [0.4, 0.5) is 0 Å². The molecule has 4 nitrogen and oxygen atoms in total. The van der Waals surface area contributed by atoms with Crippen molar-refractivity contribution in [3.63, 3.8) is 0 Å². The fourth-order valence-electron chi connectivity index (χ4n) is 2.23. The first kappa shape index (κ1) is 11.2. The Hall–Kier alpha value is -1.32. The number of piperidine rings is 1. The second-order valence-corrected chi connectivity index (χ2v) is 4.72. The van der Waals surface area contributed by atoms with Crippen LogP contribution in [0.25, 0.3) is 0 Å². The Balaban J connectivity index is 2.02. The summed E-state index contributed by atoms with van der Waals surface area (Å²) < 4.78 is 1.97. The summed E-state index contributed by atoms with van der Waals surface area (Å²) in [7, 11) is 0. The van der Waals surface area contributed by atoms with Crippen molar-refractivity contribution >= 4 is 5.91 Å². The molecule has 0 N–H and O–H groups in total. The number of hydrogen-bond donors (Lipinski definition) is 0. The van der Waals surface area contributed by atoms with E-state index < -0.39 is 0 Å². The van der Waals surface area contributed by atoms with Gasteiger partial charge in [-0.1, -0.05) is 13.8 Å². The summed E-state index contributed by atoms with van der Waals surface area (Å²) in [6.07, 6.45) is 5.96. The average molecular weight is 221 g/mol. The zero-order valence-corrected chi connectivity index (χ0v) is 9.97. The van der Waals surface area contributed by atoms with Crippen LogP contribution in [0.5, 0.6) is 0 Å². The molecule has 1 amide bonds. The highest BCUT2D eigenvalue weighted by atomic mass is 16.2. The number of nitrogens with zero attached hydrogens (tertiary/aromatic N) is 3. The molecule has 1 atom stereocenters. The molecule has 1 aromatic heterocycles. The summed E-state index contributed by atoms with van der Waals surface area (Å²) >= 11 is 0. The minimum Gasteiger partial charge on any atom is -0.340 e. The Morgan fingerprint density at radius 1 is 1.50 bits per heavy atom. The molecule has 1 aliphatic rings. The molecule has 2 heterocycles. The molecule has 88 valence electrons. The smallest absolute Gasteiger partial charge is 0.225 e. The van der Waals surface area contributed by atoms with Crippen molar-refractivity contribution in [3.05, 3.63) is 18.5 Å². The number of rotatable bonds is 2. The predicted octanol–water partition coefficient (Wildman–Crippen LogP) is 1.70. The van der Waals surface area contributed by atoms with Gasteiger partial charge in [0.05, 0.1) is 6.04 Å². The summed E-state index contributed by atoms with van der Waals surface area (Å²) in [6, 6.07) is 2.29. The minimum atomic E-state index is 0.0939. The van der Waals surface area contributed by atoms with E-state index in [1.807, 2.05) is 35.7 Å². The molecule has 1 saturated heterocycles. The largest absolute Gasteiger partial charge is 0.340 e. The molecular formula is C12H19N3O. The van der Waals surface area contributed by atoms with Crippen molar-refractivity contribution < 1.29 is 4.79 Å². The molecule has 1 aromatic rings. The van der Waals surface area contributed by atoms with E-state index in [4.69, 9.17) is 0 Å². The standard InChI is InChI=1S/C12H19N3O/c1-10(2)12(16)14-7-3-5-11(9-14)15-8-4-6-13-15/h4,6,8,10-11H,3,5,7,9H2,1-2H3. The fourth-order valence-corrected chi connectivity index (χ4v) is 2.23. The number of carbonyl (C=O) groups excluding carboxylic acids is 1. The second kappa shape index (κ2) is 4.68. The summed E-state index contributed by atoms with van der Waals surface area (Å²) in [5, 5.41) is 4.26. The Morgan fingerprint density at radius 3 is 2.94 bits per heavy atom. The second-order valence-electron chi connectivity index (χ2n) is 4.72. The van der Waals surface area contributed by atoms with Crippen molar-refractivity contribution in [2.24, 2.45) is 5.92 Å². The number of carbonyl (C=O) groups is 1. The Kier molecular flexibility index (Phi) is 3.27. The monoisotopic (exact) mass is 221 g/mol. The van der Waals surface area contributed by atoms with Crippen LogP contribution in [0.3, 0.4) is 0 Å². The van der Waals surface area contributed by atoms with E-state index >= 15 is 0 Å². The van der Waals surface area contributed by atoms with E-state index in [9.17, 15) is 4.79 Å². The van der Waals surface area contributed by atoms with E-state index in [2.05, 4.69) is 5.10 Å². The lowest BCUT2D eigenvalue weighted by molar-refractivity contribution is -0.136. The van der Waals surface area contributed by atoms with Gasteiger partial charge in [-0.15, -0.1) is 0 Å². The highest BCUT2D eigenvalue weighted by Crippen LogP contribution is 2.21. The lowest BCUT2D eigenvalue weighted by atomic mass is 10.0. The molecule has 0 spiro atoms. The van der Waals surface area contributed by atoms with Crippen LogP contribution in [0.15, 0.2) is 18.5 Å². The van der Waals surface area contributed by atoms with Gasteiger partial charge < -0.3 is 4.90 Å². The molecule has 0 bridgehead atoms. The summed E-state index contributed by atoms with van der Waals surface area (Å²) in [4.78, 5) is 13.9. The van der Waals surface area contributed by atoms with E-state index in [0.717, 1.165) is 25.9 Å². The van der Waals surface area contributed by atoms with Crippen molar-refractivity contribution in [2.75, 3.05) is 13.1 Å². The summed E-state index contributed by atoms with van der Waals surface area (Å²) in [6.45, 7) is 5.62. The lowest BCUT2D eigenvalue weighted by Gasteiger charge is -2.33. The first-order valence-corrected chi connectivity index (χ1v) is 5.96. The van der Waals surface area contributed by atoms with E-state index in [1.54, 1.807) is 6.20 Å². The van der Waals surface area contributed by atoms with Gasteiger partial charge in [0, 0.05) is 31.4 Å². The van der Waals surface area contributed by atoms with Gasteiger partial charge in [-0.25, -0.2) is 0 Å².